The minimum atomic E-state index is -2.42. The van der Waals surface area contributed by atoms with Crippen LogP contribution in [0.2, 0.25) is 37.8 Å². The van der Waals surface area contributed by atoms with Gasteiger partial charge >= 0.3 is 5.97 Å². The first kappa shape index (κ1) is 47.7. The molecule has 14 heteroatoms. The highest BCUT2D eigenvalue weighted by Crippen LogP contribution is 2.57. The Kier molecular flexibility index (Phi) is 14.5. The number of esters is 1. The number of carbonyl (C=O) groups excluding carboxylic acids is 2. The number of thioether (sulfide) groups is 2. The van der Waals surface area contributed by atoms with Crippen LogP contribution in [0.25, 0.3) is 0 Å². The van der Waals surface area contributed by atoms with Crippen LogP contribution in [0.4, 0.5) is 0 Å². The summed E-state index contributed by atoms with van der Waals surface area (Å²) in [7, 11) is -4.69. The van der Waals surface area contributed by atoms with Crippen LogP contribution in [-0.2, 0) is 42.1 Å². The number of carbonyl (C=O) groups is 2. The van der Waals surface area contributed by atoms with Crippen molar-refractivity contribution in [2.75, 3.05) is 11.5 Å². The molecule has 7 aliphatic rings. The van der Waals surface area contributed by atoms with Crippen molar-refractivity contribution in [3.8, 4) is 0 Å². The first-order valence-electron chi connectivity index (χ1n) is 21.9. The second kappa shape index (κ2) is 17.7. The Morgan fingerprint density at radius 3 is 2.29 bits per heavy atom. The fraction of sp³-hybridized carbons (Fsp3) is 0.864. The van der Waals surface area contributed by atoms with E-state index in [0.29, 0.717) is 18.4 Å². The Labute approximate surface area is 374 Å². The van der Waals surface area contributed by atoms with Gasteiger partial charge in [0.25, 0.3) is 0 Å². The maximum Gasteiger partial charge on any atom is 0.331 e. The minimum absolute atomic E-state index is 0.0277. The largest absolute Gasteiger partial charge is 0.451 e. The molecule has 0 unspecified atom stereocenters. The maximum atomic E-state index is 14.3. The predicted octanol–water partition coefficient (Wildman–Crippen LogP) is 10.8. The second-order valence-corrected chi connectivity index (χ2v) is 34.0. The number of halogens is 1. The van der Waals surface area contributed by atoms with Crippen LogP contribution in [0.3, 0.4) is 0 Å². The van der Waals surface area contributed by atoms with Gasteiger partial charge in [-0.05, 0) is 124 Å². The standard InChI is InChI=1S/C44H73IO9S2Si2/c1-28-26-36(47)48-33(16-14-21-45)32(46)25-30(3)44(55-22-15-23-56-44)27-31-24-29(2)43(50-31)20-19-41(7)35(52-43)18-17-34(51-41)37-38(49-37)39(42(28,8)54-57(9,10)11)53-58(12,13)40(4,5)6/h14,21,26,29-31,33-35,37-39H,15-20,22-25,27H2,1-13H3/b21-14+,28-26-/t29-,30-,31+,33-,34-,35+,37-,38+,39+,41-,42+,43-/m0/s1. The van der Waals surface area contributed by atoms with Gasteiger partial charge < -0.3 is 32.5 Å². The molecule has 0 aromatic rings. The van der Waals surface area contributed by atoms with Crippen molar-refractivity contribution >= 4 is 74.5 Å². The predicted molar refractivity (Wildman–Crippen MR) is 249 cm³/mol. The van der Waals surface area contributed by atoms with Crippen molar-refractivity contribution < 1.29 is 42.1 Å². The maximum absolute atomic E-state index is 14.3. The molecule has 0 aliphatic carbocycles. The zero-order chi connectivity index (χ0) is 42.7. The molecule has 7 aliphatic heterocycles. The number of ketones is 1. The van der Waals surface area contributed by atoms with Crippen molar-refractivity contribution in [1.29, 1.82) is 0 Å². The molecule has 330 valence electrons. The number of ether oxygens (including phenoxy) is 5. The van der Waals surface area contributed by atoms with Crippen molar-refractivity contribution in [3.63, 3.8) is 0 Å². The molecule has 5 bridgehead atoms. The highest BCUT2D eigenvalue weighted by atomic mass is 127. The number of Topliss-reactive ketones (excluding diaryl/α,β-unsaturated/α-hetero) is 1. The van der Waals surface area contributed by atoms with Gasteiger partial charge in [-0.25, -0.2) is 4.79 Å². The third-order valence-corrected chi connectivity index (χ3v) is 24.1. The first-order chi connectivity index (χ1) is 26.9. The van der Waals surface area contributed by atoms with E-state index in [1.54, 1.807) is 6.08 Å². The fourth-order valence-electron chi connectivity index (χ4n) is 9.73. The molecule has 0 radical (unpaired) electrons. The van der Waals surface area contributed by atoms with Crippen LogP contribution >= 0.6 is 46.1 Å². The summed E-state index contributed by atoms with van der Waals surface area (Å²) < 4.78 is 50.6. The van der Waals surface area contributed by atoms with Gasteiger partial charge in [-0.2, -0.15) is 0 Å². The normalized spacial score (nSPS) is 42.7. The lowest BCUT2D eigenvalue weighted by Crippen LogP contribution is -2.61. The number of rotatable bonds is 6. The van der Waals surface area contributed by atoms with Gasteiger partial charge in [0.15, 0.2) is 34.3 Å². The molecule has 5 fully saturated rings. The molecule has 0 aromatic carbocycles. The second-order valence-electron chi connectivity index (χ2n) is 21.0. The number of hydrogen-bond acceptors (Lipinski definition) is 11. The smallest absolute Gasteiger partial charge is 0.331 e. The monoisotopic (exact) mass is 992 g/mol. The molecule has 0 aromatic heterocycles. The van der Waals surface area contributed by atoms with E-state index < -0.39 is 51.8 Å². The van der Waals surface area contributed by atoms with Gasteiger partial charge in [-0.1, -0.05) is 63.3 Å². The summed E-state index contributed by atoms with van der Waals surface area (Å²) >= 11 is 6.13. The average molecular weight is 993 g/mol. The molecular weight excluding hydrogens is 920 g/mol. The Hall–Kier alpha value is 0.244. The van der Waals surface area contributed by atoms with Crippen LogP contribution in [0.1, 0.15) is 113 Å². The lowest BCUT2D eigenvalue weighted by Gasteiger charge is -2.53. The lowest BCUT2D eigenvalue weighted by atomic mass is 9.78. The van der Waals surface area contributed by atoms with E-state index in [9.17, 15) is 9.59 Å². The van der Waals surface area contributed by atoms with Crippen molar-refractivity contribution in [3.05, 3.63) is 21.8 Å². The quantitative estimate of drug-likeness (QED) is 0.110. The highest BCUT2D eigenvalue weighted by Gasteiger charge is 2.64. The topological polar surface area (TPSA) is 102 Å². The van der Waals surface area contributed by atoms with Gasteiger partial charge in [0.1, 0.15) is 23.9 Å². The van der Waals surface area contributed by atoms with Gasteiger partial charge in [0.2, 0.25) is 0 Å². The zero-order valence-electron chi connectivity index (χ0n) is 37.6. The summed E-state index contributed by atoms with van der Waals surface area (Å²) in [6.07, 6.45) is 8.21. The third-order valence-electron chi connectivity index (χ3n) is 14.3. The van der Waals surface area contributed by atoms with Crippen molar-refractivity contribution in [2.45, 2.75) is 215 Å². The summed E-state index contributed by atoms with van der Waals surface area (Å²) in [5.74, 6) is 1.15. The summed E-state index contributed by atoms with van der Waals surface area (Å²) in [6.45, 7) is 28.5. The van der Waals surface area contributed by atoms with Crippen molar-refractivity contribution in [2.24, 2.45) is 11.8 Å². The molecule has 7 rings (SSSR count). The van der Waals surface area contributed by atoms with Crippen LogP contribution < -0.4 is 0 Å². The fourth-order valence-corrected chi connectivity index (χ4v) is 16.6. The molecule has 0 N–H and O–H groups in total. The molecule has 7 heterocycles. The summed E-state index contributed by atoms with van der Waals surface area (Å²) in [4.78, 5) is 28.5. The third kappa shape index (κ3) is 10.1. The average Bonchev–Trinajstić information content (AvgIpc) is 3.85. The Bertz CT molecular complexity index is 1580. The van der Waals surface area contributed by atoms with E-state index in [-0.39, 0.29) is 57.3 Å². The van der Waals surface area contributed by atoms with E-state index in [0.717, 1.165) is 56.5 Å². The van der Waals surface area contributed by atoms with E-state index in [4.69, 9.17) is 32.5 Å². The van der Waals surface area contributed by atoms with E-state index in [1.165, 1.54) is 0 Å². The Morgan fingerprint density at radius 1 is 0.966 bits per heavy atom. The molecule has 9 nitrogen and oxygen atoms in total. The van der Waals surface area contributed by atoms with Crippen LogP contribution in [0, 0.1) is 11.8 Å². The van der Waals surface area contributed by atoms with Crippen LogP contribution in [-0.4, -0.2) is 104 Å². The summed E-state index contributed by atoms with van der Waals surface area (Å²) in [5, 5.41) is -0.0885. The number of hydrogen-bond donors (Lipinski definition) is 0. The van der Waals surface area contributed by atoms with Crippen LogP contribution in [0.15, 0.2) is 21.8 Å². The highest BCUT2D eigenvalue weighted by molar-refractivity contribution is 14.1. The van der Waals surface area contributed by atoms with Gasteiger partial charge in [-0.15, -0.1) is 23.5 Å². The van der Waals surface area contributed by atoms with Gasteiger partial charge in [0.05, 0.1) is 28.0 Å². The minimum Gasteiger partial charge on any atom is -0.451 e. The van der Waals surface area contributed by atoms with E-state index in [1.807, 2.05) is 40.6 Å². The molecule has 2 spiro atoms. The zero-order valence-corrected chi connectivity index (χ0v) is 43.4. The van der Waals surface area contributed by atoms with E-state index >= 15 is 0 Å². The summed E-state index contributed by atoms with van der Waals surface area (Å²) in [6, 6.07) is 0. The number of epoxide rings is 1. The molecule has 0 amide bonds. The molecule has 58 heavy (non-hydrogen) atoms. The van der Waals surface area contributed by atoms with Crippen molar-refractivity contribution in [1.82, 2.24) is 0 Å². The Morgan fingerprint density at radius 2 is 1.66 bits per heavy atom. The molecule has 0 saturated carbocycles. The molecular formula is C44H73IO9S2Si2. The van der Waals surface area contributed by atoms with Crippen LogP contribution in [0.5, 0.6) is 0 Å². The van der Waals surface area contributed by atoms with Gasteiger partial charge in [-0.3, -0.25) is 4.79 Å². The first-order valence-corrected chi connectivity index (χ1v) is 31.4. The lowest BCUT2D eigenvalue weighted by molar-refractivity contribution is -0.344. The van der Waals surface area contributed by atoms with Gasteiger partial charge in [0, 0.05) is 31.3 Å². The molecule has 5 saturated heterocycles. The SMILES string of the molecule is C/C1=C/C(=O)O[C@@H](C/C=C/I)C(=O)C[C@H](C)C2(C[C@H]3C[C@H](C)[C@@]4(CC[C@]5(C)O[C@@H](CC[C@H]5O4)[C@@H]4O[C@H]4[C@@H](O[Si](C)(C)C(C)(C)C)[C@]1(C)O[Si](C)(C)C)O3)SCCCS2. The molecule has 12 atom stereocenters. The van der Waals surface area contributed by atoms with E-state index in [2.05, 4.69) is 104 Å². The summed E-state index contributed by atoms with van der Waals surface area (Å²) in [5.41, 5.74) is -0.795. The number of fused-ring (bicyclic) bond motifs is 10. The Balaban J connectivity index is 1.41.